The SMILES string of the molecule is CCCC/C=C\C/C=C\CCCCCCC(O)CN(CCN(C)CCN(CC(O)CCCCCC/C=C\C/C=C\CCCC)CC(O)CCCCCC/C=C\C/C=C\CCCC)CC(O)CCCCCC/C=C\C/C=C\CCCC. The molecule has 7 heteroatoms. The van der Waals surface area contributed by atoms with Crippen LogP contribution in [-0.4, -0.2) is 119 Å². The van der Waals surface area contributed by atoms with Crippen LogP contribution in [0.5, 0.6) is 0 Å². The highest BCUT2D eigenvalue weighted by molar-refractivity contribution is 4.95. The van der Waals surface area contributed by atoms with Crippen LogP contribution in [0.4, 0.5) is 0 Å². The Bertz CT molecular complexity index is 1280. The summed E-state index contributed by atoms with van der Waals surface area (Å²) in [6, 6.07) is 0. The van der Waals surface area contributed by atoms with Crippen molar-refractivity contribution in [1.82, 2.24) is 14.7 Å². The average Bonchev–Trinajstić information content (AvgIpc) is 3.44. The fraction of sp³-hybridized carbons (Fsp3) is 0.781. The van der Waals surface area contributed by atoms with E-state index < -0.39 is 24.4 Å². The van der Waals surface area contributed by atoms with Crippen molar-refractivity contribution < 1.29 is 20.4 Å². The summed E-state index contributed by atoms with van der Waals surface area (Å²) in [6.45, 7) is 14.6. The van der Waals surface area contributed by atoms with Gasteiger partial charge in [-0.15, -0.1) is 0 Å². The fourth-order valence-electron chi connectivity index (χ4n) is 10.1. The second-order valence-electron chi connectivity index (χ2n) is 23.7. The summed E-state index contributed by atoms with van der Waals surface area (Å²) in [6.07, 6.45) is 80.3. The molecule has 4 N–H and O–H groups in total. The van der Waals surface area contributed by atoms with Crippen LogP contribution in [0.25, 0.3) is 0 Å². The van der Waals surface area contributed by atoms with Crippen molar-refractivity contribution in [2.45, 2.75) is 309 Å². The summed E-state index contributed by atoms with van der Waals surface area (Å²) < 4.78 is 0. The van der Waals surface area contributed by atoms with E-state index in [0.717, 1.165) is 155 Å². The second kappa shape index (κ2) is 64.2. The molecule has 0 aromatic heterocycles. The third-order valence-corrected chi connectivity index (χ3v) is 15.4. The molecular formula is C73H135N3O4. The van der Waals surface area contributed by atoms with Gasteiger partial charge in [-0.25, -0.2) is 0 Å². The van der Waals surface area contributed by atoms with E-state index in [1.807, 2.05) is 0 Å². The van der Waals surface area contributed by atoms with Crippen LogP contribution in [0.2, 0.25) is 0 Å². The van der Waals surface area contributed by atoms with E-state index >= 15 is 0 Å². The van der Waals surface area contributed by atoms with Crippen molar-refractivity contribution in [2.24, 2.45) is 0 Å². The first kappa shape index (κ1) is 77.6. The molecule has 0 saturated carbocycles. The number of rotatable bonds is 62. The molecule has 0 amide bonds. The molecule has 0 saturated heterocycles. The normalized spacial score (nSPS) is 14.4. The lowest BCUT2D eigenvalue weighted by molar-refractivity contribution is 0.0492. The van der Waals surface area contributed by atoms with Crippen LogP contribution < -0.4 is 0 Å². The molecule has 0 spiro atoms. The summed E-state index contributed by atoms with van der Waals surface area (Å²) in [7, 11) is 2.17. The zero-order chi connectivity index (χ0) is 58.3. The molecule has 0 heterocycles. The third kappa shape index (κ3) is 60.2. The van der Waals surface area contributed by atoms with Gasteiger partial charge in [-0.05, 0) is 135 Å². The minimum absolute atomic E-state index is 0.404. The van der Waals surface area contributed by atoms with E-state index in [-0.39, 0.29) is 0 Å². The van der Waals surface area contributed by atoms with Gasteiger partial charge in [-0.3, -0.25) is 9.80 Å². The first-order valence-electron chi connectivity index (χ1n) is 34.3. The largest absolute Gasteiger partial charge is 0.392 e. The first-order chi connectivity index (χ1) is 39.2. The Hall–Kier alpha value is -2.36. The minimum atomic E-state index is -0.404. The number of likely N-dealkylation sites (N-methyl/N-ethyl adjacent to an activating group) is 1. The van der Waals surface area contributed by atoms with E-state index in [1.165, 1.54) is 128 Å². The Labute approximate surface area is 498 Å². The molecule has 7 nitrogen and oxygen atoms in total. The molecule has 4 unspecified atom stereocenters. The van der Waals surface area contributed by atoms with Crippen LogP contribution >= 0.6 is 0 Å². The Morgan fingerprint density at radius 3 is 0.662 bits per heavy atom. The molecule has 0 aliphatic heterocycles. The molecule has 4 atom stereocenters. The highest BCUT2D eigenvalue weighted by atomic mass is 16.3. The number of nitrogens with zero attached hydrogens (tertiary/aromatic N) is 3. The van der Waals surface area contributed by atoms with E-state index in [4.69, 9.17) is 0 Å². The van der Waals surface area contributed by atoms with Gasteiger partial charge in [-0.2, -0.15) is 0 Å². The summed E-state index contributed by atoms with van der Waals surface area (Å²) in [5.41, 5.74) is 0. The fourth-order valence-corrected chi connectivity index (χ4v) is 10.1. The maximum absolute atomic E-state index is 11.3. The lowest BCUT2D eigenvalue weighted by atomic mass is 10.1. The topological polar surface area (TPSA) is 90.6 Å². The Morgan fingerprint density at radius 1 is 0.250 bits per heavy atom. The van der Waals surface area contributed by atoms with Crippen LogP contribution in [0.15, 0.2) is 97.2 Å². The zero-order valence-corrected chi connectivity index (χ0v) is 53.6. The lowest BCUT2D eigenvalue weighted by Crippen LogP contribution is -2.44. The molecule has 0 aromatic rings. The monoisotopic (exact) mass is 1120 g/mol. The Kier molecular flexibility index (Phi) is 62.3. The van der Waals surface area contributed by atoms with Gasteiger partial charge in [0.1, 0.15) is 0 Å². The number of aliphatic hydroxyl groups is 4. The molecule has 0 bridgehead atoms. The van der Waals surface area contributed by atoms with Crippen molar-refractivity contribution in [3.8, 4) is 0 Å². The van der Waals surface area contributed by atoms with E-state index in [0.29, 0.717) is 26.2 Å². The minimum Gasteiger partial charge on any atom is -0.392 e. The number of hydrogen-bond donors (Lipinski definition) is 4. The Balaban J connectivity index is 5.36. The quantitative estimate of drug-likeness (QED) is 0.0356. The maximum Gasteiger partial charge on any atom is 0.0667 e. The lowest BCUT2D eigenvalue weighted by Gasteiger charge is -2.31. The molecule has 0 aromatic carbocycles. The Morgan fingerprint density at radius 2 is 0.450 bits per heavy atom. The highest BCUT2D eigenvalue weighted by Gasteiger charge is 2.19. The van der Waals surface area contributed by atoms with Gasteiger partial charge >= 0.3 is 0 Å². The van der Waals surface area contributed by atoms with Crippen molar-refractivity contribution in [3.05, 3.63) is 97.2 Å². The van der Waals surface area contributed by atoms with Gasteiger partial charge in [0.2, 0.25) is 0 Å². The number of aliphatic hydroxyl groups excluding tert-OH is 4. The number of hydrogen-bond acceptors (Lipinski definition) is 7. The van der Waals surface area contributed by atoms with Crippen LogP contribution in [-0.2, 0) is 0 Å². The van der Waals surface area contributed by atoms with E-state index in [1.54, 1.807) is 0 Å². The predicted molar refractivity (Wildman–Crippen MR) is 355 cm³/mol. The van der Waals surface area contributed by atoms with Crippen molar-refractivity contribution in [2.75, 3.05) is 59.4 Å². The summed E-state index contributed by atoms with van der Waals surface area (Å²) >= 11 is 0. The molecule has 0 fully saturated rings. The van der Waals surface area contributed by atoms with E-state index in [2.05, 4.69) is 147 Å². The molecule has 0 rings (SSSR count). The predicted octanol–water partition coefficient (Wildman–Crippen LogP) is 19.1. The van der Waals surface area contributed by atoms with Gasteiger partial charge < -0.3 is 25.3 Å². The van der Waals surface area contributed by atoms with Crippen LogP contribution in [0, 0.1) is 0 Å². The van der Waals surface area contributed by atoms with Gasteiger partial charge in [0, 0.05) is 52.4 Å². The average molecular weight is 1120 g/mol. The molecule has 466 valence electrons. The van der Waals surface area contributed by atoms with Crippen LogP contribution in [0.3, 0.4) is 0 Å². The number of unbranched alkanes of at least 4 members (excludes halogenated alkanes) is 24. The summed E-state index contributed by atoms with van der Waals surface area (Å²) in [4.78, 5) is 6.99. The summed E-state index contributed by atoms with van der Waals surface area (Å²) in [5.74, 6) is 0. The standard InChI is InChI=1S/C73H135N3O4/c1-6-10-14-18-22-26-30-34-38-42-46-50-54-58-70(77)66-75(67-71(78)59-55-51-47-43-39-35-31-27-23-19-15-11-7-2)64-62-74(5)63-65-76(68-72(79)60-56-52-48-44-40-36-32-28-24-20-16-12-8-3)69-73(80)61-57-53-49-45-41-37-33-29-25-21-17-13-9-4/h18-25,30-37,70-73,77-80H,6-17,26-29,38-69H2,1-5H3/b22-18-,23-19-,24-20-,25-21-,34-30-,35-31-,36-32-,37-33-. The molecular weight excluding hydrogens is 983 g/mol. The smallest absolute Gasteiger partial charge is 0.0667 e. The maximum atomic E-state index is 11.3. The van der Waals surface area contributed by atoms with Gasteiger partial charge in [0.05, 0.1) is 24.4 Å². The highest BCUT2D eigenvalue weighted by Crippen LogP contribution is 2.16. The van der Waals surface area contributed by atoms with Crippen molar-refractivity contribution >= 4 is 0 Å². The molecule has 0 aliphatic rings. The molecule has 80 heavy (non-hydrogen) atoms. The second-order valence-corrected chi connectivity index (χ2v) is 23.7. The number of allylic oxidation sites excluding steroid dienone is 16. The molecule has 0 aliphatic carbocycles. The first-order valence-corrected chi connectivity index (χ1v) is 34.3. The summed E-state index contributed by atoms with van der Waals surface area (Å²) in [5, 5.41) is 45.3. The third-order valence-electron chi connectivity index (χ3n) is 15.4. The zero-order valence-electron chi connectivity index (χ0n) is 53.6. The van der Waals surface area contributed by atoms with Crippen LogP contribution in [0.1, 0.15) is 285 Å². The van der Waals surface area contributed by atoms with E-state index in [9.17, 15) is 20.4 Å². The molecule has 0 radical (unpaired) electrons. The van der Waals surface area contributed by atoms with Gasteiger partial charge in [0.25, 0.3) is 0 Å². The van der Waals surface area contributed by atoms with Gasteiger partial charge in [-0.1, -0.05) is 253 Å². The van der Waals surface area contributed by atoms with Gasteiger partial charge in [0.15, 0.2) is 0 Å². The van der Waals surface area contributed by atoms with Crippen molar-refractivity contribution in [1.29, 1.82) is 0 Å². The van der Waals surface area contributed by atoms with Crippen molar-refractivity contribution in [3.63, 3.8) is 0 Å².